The molecule has 0 spiro atoms. The van der Waals surface area contributed by atoms with Gasteiger partial charge in [0.05, 0.1) is 5.69 Å². The molecule has 1 N–H and O–H groups in total. The molecule has 1 aromatic carbocycles. The third kappa shape index (κ3) is 2.37. The van der Waals surface area contributed by atoms with Crippen molar-refractivity contribution in [3.05, 3.63) is 53.5 Å². The number of nitrogens with zero attached hydrogens (tertiary/aromatic N) is 4. The van der Waals surface area contributed by atoms with Gasteiger partial charge < -0.3 is 5.11 Å². The Morgan fingerprint density at radius 2 is 2.08 bits per heavy atom. The summed E-state index contributed by atoms with van der Waals surface area (Å²) in [6, 6.07) is 11.5. The number of phenolic OH excluding ortho intramolecular Hbond substituents is 1. The lowest BCUT2D eigenvalue weighted by Gasteiger charge is -2.13. The van der Waals surface area contributed by atoms with E-state index in [2.05, 4.69) is 26.7 Å². The van der Waals surface area contributed by atoms with Crippen molar-refractivity contribution >= 4 is 0 Å². The molecule has 0 bridgehead atoms. The van der Waals surface area contributed by atoms with Crippen LogP contribution >= 0.6 is 0 Å². The van der Waals surface area contributed by atoms with Crippen molar-refractivity contribution < 1.29 is 5.11 Å². The average molecular weight is 320 g/mol. The van der Waals surface area contributed by atoms with E-state index in [1.165, 1.54) is 0 Å². The predicted octanol–water partition coefficient (Wildman–Crippen LogP) is 3.78. The molecule has 3 heterocycles. The van der Waals surface area contributed by atoms with Crippen LogP contribution in [0, 0.1) is 6.92 Å². The van der Waals surface area contributed by atoms with E-state index in [4.69, 9.17) is 0 Å². The second kappa shape index (κ2) is 5.74. The summed E-state index contributed by atoms with van der Waals surface area (Å²) in [5.74, 6) is 2.40. The number of aryl methyl sites for hydroxylation is 2. The minimum atomic E-state index is 0.300. The molecule has 0 aliphatic carbocycles. The maximum atomic E-state index is 9.87. The van der Waals surface area contributed by atoms with Crippen LogP contribution in [0.2, 0.25) is 0 Å². The third-order valence-electron chi connectivity index (χ3n) is 4.73. The molecule has 5 heteroatoms. The van der Waals surface area contributed by atoms with E-state index in [0.29, 0.717) is 11.7 Å². The normalized spacial score (nSPS) is 16.3. The molecule has 0 amide bonds. The Kier molecular flexibility index (Phi) is 3.56. The Labute approximate surface area is 141 Å². The Hall–Kier alpha value is -2.69. The number of rotatable bonds is 2. The first-order valence-electron chi connectivity index (χ1n) is 8.39. The molecule has 122 valence electrons. The van der Waals surface area contributed by atoms with Crippen LogP contribution in [-0.4, -0.2) is 24.9 Å². The molecule has 4 rings (SSSR count). The molecule has 1 atom stereocenters. The Balaban J connectivity index is 1.98. The number of hydrogen-bond donors (Lipinski definition) is 1. The first-order chi connectivity index (χ1) is 11.7. The summed E-state index contributed by atoms with van der Waals surface area (Å²) < 4.78 is 2.12. The second-order valence-electron chi connectivity index (χ2n) is 6.34. The molecule has 2 aromatic heterocycles. The highest BCUT2D eigenvalue weighted by Gasteiger charge is 2.27. The zero-order chi connectivity index (χ0) is 16.7. The second-order valence-corrected chi connectivity index (χ2v) is 6.34. The van der Waals surface area contributed by atoms with Gasteiger partial charge in [0, 0.05) is 11.6 Å². The predicted molar refractivity (Wildman–Crippen MR) is 92.3 cm³/mol. The fourth-order valence-corrected chi connectivity index (χ4v) is 3.47. The van der Waals surface area contributed by atoms with Gasteiger partial charge in [-0.2, -0.15) is 0 Å². The topological polar surface area (TPSA) is 63.8 Å². The van der Waals surface area contributed by atoms with Crippen LogP contribution in [0.25, 0.3) is 17.2 Å². The van der Waals surface area contributed by atoms with Gasteiger partial charge in [0.25, 0.3) is 0 Å². The first kappa shape index (κ1) is 14.9. The highest BCUT2D eigenvalue weighted by atomic mass is 16.3. The van der Waals surface area contributed by atoms with Crippen LogP contribution in [-0.2, 0) is 6.42 Å². The molecular weight excluding hydrogens is 300 g/mol. The first-order valence-corrected chi connectivity index (χ1v) is 8.39. The summed E-state index contributed by atoms with van der Waals surface area (Å²) in [7, 11) is 0. The molecular formula is C19H20N4O. The largest absolute Gasteiger partial charge is 0.508 e. The maximum Gasteiger partial charge on any atom is 0.187 e. The lowest BCUT2D eigenvalue weighted by molar-refractivity contribution is 0.474. The minimum absolute atomic E-state index is 0.300. The fraction of sp³-hybridized carbons (Fsp3) is 0.316. The van der Waals surface area contributed by atoms with Crippen molar-refractivity contribution in [3.8, 4) is 23.0 Å². The number of aromatic nitrogens is 4. The number of hydrogen-bond acceptors (Lipinski definition) is 4. The summed E-state index contributed by atoms with van der Waals surface area (Å²) in [5, 5.41) is 18.8. The molecule has 24 heavy (non-hydrogen) atoms. The van der Waals surface area contributed by atoms with E-state index in [9.17, 15) is 5.11 Å². The van der Waals surface area contributed by atoms with E-state index < -0.39 is 0 Å². The Bertz CT molecular complexity index is 900. The van der Waals surface area contributed by atoms with Crippen LogP contribution < -0.4 is 0 Å². The quantitative estimate of drug-likeness (QED) is 0.780. The molecule has 0 radical (unpaired) electrons. The summed E-state index contributed by atoms with van der Waals surface area (Å²) in [6.07, 6.45) is 2.94. The summed E-state index contributed by atoms with van der Waals surface area (Å²) in [5.41, 5.74) is 3.95. The van der Waals surface area contributed by atoms with Gasteiger partial charge in [0.15, 0.2) is 5.82 Å². The van der Waals surface area contributed by atoms with E-state index in [-0.39, 0.29) is 0 Å². The van der Waals surface area contributed by atoms with Crippen molar-refractivity contribution in [3.63, 3.8) is 0 Å². The monoisotopic (exact) mass is 320 g/mol. The van der Waals surface area contributed by atoms with Gasteiger partial charge in [0.1, 0.15) is 17.3 Å². The SMILES string of the molecule is CCC1CCc2cc(O)ccc2-n2c(-c3cccc(C)n3)nnc21. The molecule has 0 fully saturated rings. The molecule has 0 saturated heterocycles. The van der Waals surface area contributed by atoms with E-state index in [0.717, 1.165) is 53.5 Å². The number of benzene rings is 1. The van der Waals surface area contributed by atoms with Crippen LogP contribution in [0.15, 0.2) is 36.4 Å². The molecule has 1 aliphatic heterocycles. The number of fused-ring (bicyclic) bond motifs is 3. The fourth-order valence-electron chi connectivity index (χ4n) is 3.47. The van der Waals surface area contributed by atoms with Gasteiger partial charge in [0.2, 0.25) is 0 Å². The summed E-state index contributed by atoms with van der Waals surface area (Å²) >= 11 is 0. The number of pyridine rings is 1. The average Bonchev–Trinajstić information content (AvgIpc) is 2.94. The summed E-state index contributed by atoms with van der Waals surface area (Å²) in [4.78, 5) is 4.62. The van der Waals surface area contributed by atoms with Crippen LogP contribution in [0.3, 0.4) is 0 Å². The van der Waals surface area contributed by atoms with Gasteiger partial charge in [-0.15, -0.1) is 10.2 Å². The number of phenols is 1. The molecule has 3 aromatic rings. The maximum absolute atomic E-state index is 9.87. The van der Waals surface area contributed by atoms with Crippen LogP contribution in [0.4, 0.5) is 0 Å². The van der Waals surface area contributed by atoms with Gasteiger partial charge in [-0.3, -0.25) is 4.57 Å². The molecule has 1 aliphatic rings. The zero-order valence-corrected chi connectivity index (χ0v) is 13.9. The smallest absolute Gasteiger partial charge is 0.187 e. The van der Waals surface area contributed by atoms with Crippen LogP contribution in [0.1, 0.15) is 42.8 Å². The standard InChI is InChI=1S/C19H20N4O/c1-3-13-7-8-14-11-15(24)9-10-17(14)23-18(13)21-22-19(23)16-6-4-5-12(2)20-16/h4-6,9-11,13,24H,3,7-8H2,1-2H3. The van der Waals surface area contributed by atoms with Gasteiger partial charge in [-0.1, -0.05) is 13.0 Å². The van der Waals surface area contributed by atoms with E-state index in [1.807, 2.05) is 37.3 Å². The summed E-state index contributed by atoms with van der Waals surface area (Å²) in [6.45, 7) is 4.16. The lowest BCUT2D eigenvalue weighted by Crippen LogP contribution is -2.06. The minimum Gasteiger partial charge on any atom is -0.508 e. The van der Waals surface area contributed by atoms with Crippen molar-refractivity contribution in [1.29, 1.82) is 0 Å². The van der Waals surface area contributed by atoms with E-state index in [1.54, 1.807) is 6.07 Å². The van der Waals surface area contributed by atoms with Crippen molar-refractivity contribution in [2.45, 2.75) is 39.0 Å². The molecule has 0 saturated carbocycles. The van der Waals surface area contributed by atoms with Gasteiger partial charge in [-0.05, 0) is 62.1 Å². The van der Waals surface area contributed by atoms with Gasteiger partial charge >= 0.3 is 0 Å². The van der Waals surface area contributed by atoms with Crippen molar-refractivity contribution in [2.24, 2.45) is 0 Å². The van der Waals surface area contributed by atoms with Crippen LogP contribution in [0.5, 0.6) is 5.75 Å². The van der Waals surface area contributed by atoms with Crippen molar-refractivity contribution in [1.82, 2.24) is 19.7 Å². The van der Waals surface area contributed by atoms with Crippen molar-refractivity contribution in [2.75, 3.05) is 0 Å². The Morgan fingerprint density at radius 3 is 2.88 bits per heavy atom. The highest BCUT2D eigenvalue weighted by Crippen LogP contribution is 2.36. The highest BCUT2D eigenvalue weighted by molar-refractivity contribution is 5.58. The Morgan fingerprint density at radius 1 is 1.21 bits per heavy atom. The number of aromatic hydroxyl groups is 1. The lowest BCUT2D eigenvalue weighted by atomic mass is 9.98. The van der Waals surface area contributed by atoms with E-state index >= 15 is 0 Å². The molecule has 1 unspecified atom stereocenters. The van der Waals surface area contributed by atoms with Gasteiger partial charge in [-0.25, -0.2) is 4.98 Å². The zero-order valence-electron chi connectivity index (χ0n) is 13.9. The third-order valence-corrected chi connectivity index (χ3v) is 4.73. The molecule has 5 nitrogen and oxygen atoms in total.